The van der Waals surface area contributed by atoms with E-state index in [0.717, 1.165) is 37.3 Å². The number of fused-ring (bicyclic) bond motifs is 3. The Bertz CT molecular complexity index is 729. The van der Waals surface area contributed by atoms with Gasteiger partial charge in [-0.15, -0.1) is 0 Å². The molecule has 2 aliphatic rings. The van der Waals surface area contributed by atoms with Crippen molar-refractivity contribution in [3.8, 4) is 0 Å². The van der Waals surface area contributed by atoms with E-state index < -0.39 is 0 Å². The van der Waals surface area contributed by atoms with Gasteiger partial charge < -0.3 is 11.1 Å². The topological polar surface area (TPSA) is 58.4 Å². The van der Waals surface area contributed by atoms with Gasteiger partial charge >= 0.3 is 0 Å². The predicted octanol–water partition coefficient (Wildman–Crippen LogP) is 2.23. The minimum Gasteiger partial charge on any atom is -0.399 e. The Labute approximate surface area is 136 Å². The van der Waals surface area contributed by atoms with Gasteiger partial charge in [-0.2, -0.15) is 0 Å². The standard InChI is InChI=1S/C19H21N3O/c20-15-6-7-16-17(8-15)19(23)21-9-14-11-22(12-18(14)16)10-13-4-2-1-3-5-13/h1-8,14,18H,9-12,20H2,(H,21,23). The molecule has 0 spiro atoms. The largest absolute Gasteiger partial charge is 0.399 e. The Hall–Kier alpha value is -2.33. The third kappa shape index (κ3) is 2.70. The van der Waals surface area contributed by atoms with E-state index in [9.17, 15) is 4.79 Å². The van der Waals surface area contributed by atoms with Crippen LogP contribution in [0, 0.1) is 5.92 Å². The Morgan fingerprint density at radius 2 is 1.96 bits per heavy atom. The van der Waals surface area contributed by atoms with E-state index in [1.165, 1.54) is 5.56 Å². The summed E-state index contributed by atoms with van der Waals surface area (Å²) in [6.45, 7) is 3.71. The number of nitrogens with zero attached hydrogens (tertiary/aromatic N) is 1. The maximum Gasteiger partial charge on any atom is 0.251 e. The van der Waals surface area contributed by atoms with E-state index in [1.54, 1.807) is 0 Å². The predicted molar refractivity (Wildman–Crippen MR) is 91.1 cm³/mol. The molecule has 4 rings (SSSR count). The second kappa shape index (κ2) is 5.70. The molecule has 118 valence electrons. The van der Waals surface area contributed by atoms with E-state index in [-0.39, 0.29) is 5.91 Å². The molecular formula is C19H21N3O. The van der Waals surface area contributed by atoms with Crippen LogP contribution in [0.25, 0.3) is 0 Å². The van der Waals surface area contributed by atoms with Gasteiger partial charge in [-0.05, 0) is 29.2 Å². The number of nitrogens with one attached hydrogen (secondary N) is 1. The van der Waals surface area contributed by atoms with Crippen molar-refractivity contribution in [2.75, 3.05) is 25.4 Å². The summed E-state index contributed by atoms with van der Waals surface area (Å²) >= 11 is 0. The van der Waals surface area contributed by atoms with Crippen LogP contribution >= 0.6 is 0 Å². The lowest BCUT2D eigenvalue weighted by Gasteiger charge is -2.17. The van der Waals surface area contributed by atoms with E-state index in [0.29, 0.717) is 17.5 Å². The molecule has 2 aliphatic heterocycles. The first-order valence-electron chi connectivity index (χ1n) is 8.14. The van der Waals surface area contributed by atoms with Crippen molar-refractivity contribution in [1.82, 2.24) is 10.2 Å². The van der Waals surface area contributed by atoms with Crippen LogP contribution in [-0.2, 0) is 6.54 Å². The van der Waals surface area contributed by atoms with Crippen LogP contribution in [-0.4, -0.2) is 30.4 Å². The minimum absolute atomic E-state index is 0.0105. The molecule has 2 atom stereocenters. The van der Waals surface area contributed by atoms with Crippen molar-refractivity contribution in [1.29, 1.82) is 0 Å². The number of rotatable bonds is 2. The Morgan fingerprint density at radius 3 is 2.78 bits per heavy atom. The number of benzene rings is 2. The molecular weight excluding hydrogens is 286 g/mol. The normalized spacial score (nSPS) is 23.7. The fourth-order valence-corrected chi connectivity index (χ4v) is 3.90. The number of hydrogen-bond donors (Lipinski definition) is 2. The summed E-state index contributed by atoms with van der Waals surface area (Å²) in [5, 5.41) is 3.06. The molecule has 2 aromatic rings. The highest BCUT2D eigenvalue weighted by Gasteiger charge is 2.37. The lowest BCUT2D eigenvalue weighted by molar-refractivity contribution is 0.0951. The first-order chi connectivity index (χ1) is 11.2. The Morgan fingerprint density at radius 1 is 1.13 bits per heavy atom. The smallest absolute Gasteiger partial charge is 0.251 e. The van der Waals surface area contributed by atoms with Gasteiger partial charge in [-0.1, -0.05) is 36.4 Å². The van der Waals surface area contributed by atoms with E-state index in [2.05, 4.69) is 34.5 Å². The third-order valence-electron chi connectivity index (χ3n) is 5.01. The molecule has 1 saturated heterocycles. The molecule has 3 N–H and O–H groups in total. The quantitative estimate of drug-likeness (QED) is 0.837. The van der Waals surface area contributed by atoms with Crippen molar-refractivity contribution in [3.05, 3.63) is 65.2 Å². The Kier molecular flexibility index (Phi) is 3.54. The number of hydrogen-bond acceptors (Lipinski definition) is 3. The number of nitrogens with two attached hydrogens (primary N) is 1. The highest BCUT2D eigenvalue weighted by atomic mass is 16.1. The summed E-state index contributed by atoms with van der Waals surface area (Å²) in [4.78, 5) is 14.8. The van der Waals surface area contributed by atoms with Crippen molar-refractivity contribution in [2.24, 2.45) is 5.92 Å². The van der Waals surface area contributed by atoms with Crippen LogP contribution in [0.3, 0.4) is 0 Å². The summed E-state index contributed by atoms with van der Waals surface area (Å²) in [5.74, 6) is 0.872. The molecule has 4 heteroatoms. The molecule has 23 heavy (non-hydrogen) atoms. The number of amides is 1. The van der Waals surface area contributed by atoms with Gasteiger partial charge in [0, 0.05) is 43.3 Å². The Balaban J connectivity index is 1.60. The van der Waals surface area contributed by atoms with Crippen LogP contribution in [0.1, 0.15) is 27.4 Å². The molecule has 2 aromatic carbocycles. The van der Waals surface area contributed by atoms with Crippen molar-refractivity contribution >= 4 is 11.6 Å². The zero-order valence-corrected chi connectivity index (χ0v) is 13.0. The summed E-state index contributed by atoms with van der Waals surface area (Å²) in [6, 6.07) is 16.3. The number of nitrogen functional groups attached to an aromatic ring is 1. The molecule has 4 nitrogen and oxygen atoms in total. The molecule has 1 amide bonds. The number of carbonyl (C=O) groups excluding carboxylic acids is 1. The first kappa shape index (κ1) is 14.3. The zero-order valence-electron chi connectivity index (χ0n) is 13.0. The zero-order chi connectivity index (χ0) is 15.8. The van der Waals surface area contributed by atoms with Gasteiger partial charge in [0.1, 0.15) is 0 Å². The van der Waals surface area contributed by atoms with Gasteiger partial charge in [-0.25, -0.2) is 0 Å². The second-order valence-corrected chi connectivity index (χ2v) is 6.60. The molecule has 2 heterocycles. The summed E-state index contributed by atoms with van der Waals surface area (Å²) in [7, 11) is 0. The molecule has 2 unspecified atom stereocenters. The van der Waals surface area contributed by atoms with Gasteiger partial charge in [0.05, 0.1) is 0 Å². The van der Waals surface area contributed by atoms with Gasteiger partial charge in [-0.3, -0.25) is 9.69 Å². The number of likely N-dealkylation sites (tertiary alicyclic amines) is 1. The van der Waals surface area contributed by atoms with Gasteiger partial charge in [0.2, 0.25) is 0 Å². The van der Waals surface area contributed by atoms with Gasteiger partial charge in [0.25, 0.3) is 5.91 Å². The molecule has 1 fully saturated rings. The highest BCUT2D eigenvalue weighted by molar-refractivity contribution is 5.97. The number of carbonyl (C=O) groups is 1. The maximum atomic E-state index is 12.3. The molecule has 0 aromatic heterocycles. The third-order valence-corrected chi connectivity index (χ3v) is 5.01. The fourth-order valence-electron chi connectivity index (χ4n) is 3.90. The monoisotopic (exact) mass is 307 g/mol. The van der Waals surface area contributed by atoms with Gasteiger partial charge in [0.15, 0.2) is 0 Å². The van der Waals surface area contributed by atoms with E-state index in [1.807, 2.05) is 24.3 Å². The molecule has 0 saturated carbocycles. The maximum absolute atomic E-state index is 12.3. The number of anilines is 1. The van der Waals surface area contributed by atoms with Crippen LogP contribution in [0.2, 0.25) is 0 Å². The molecule has 0 aliphatic carbocycles. The average molecular weight is 307 g/mol. The highest BCUT2D eigenvalue weighted by Crippen LogP contribution is 2.37. The summed E-state index contributed by atoms with van der Waals surface area (Å²) in [5.41, 5.74) is 9.76. The summed E-state index contributed by atoms with van der Waals surface area (Å²) < 4.78 is 0. The van der Waals surface area contributed by atoms with Crippen LogP contribution < -0.4 is 11.1 Å². The van der Waals surface area contributed by atoms with E-state index in [4.69, 9.17) is 5.73 Å². The minimum atomic E-state index is 0.0105. The summed E-state index contributed by atoms with van der Waals surface area (Å²) in [6.07, 6.45) is 0. The van der Waals surface area contributed by atoms with Crippen molar-refractivity contribution in [2.45, 2.75) is 12.5 Å². The van der Waals surface area contributed by atoms with Crippen LogP contribution in [0.15, 0.2) is 48.5 Å². The van der Waals surface area contributed by atoms with E-state index >= 15 is 0 Å². The molecule has 0 radical (unpaired) electrons. The fraction of sp³-hybridized carbons (Fsp3) is 0.316. The lowest BCUT2D eigenvalue weighted by Crippen LogP contribution is -2.29. The van der Waals surface area contributed by atoms with Crippen LogP contribution in [0.5, 0.6) is 0 Å². The molecule has 0 bridgehead atoms. The van der Waals surface area contributed by atoms with Crippen LogP contribution in [0.4, 0.5) is 5.69 Å². The second-order valence-electron chi connectivity index (χ2n) is 6.60. The van der Waals surface area contributed by atoms with Crippen molar-refractivity contribution < 1.29 is 4.79 Å². The average Bonchev–Trinajstić information content (AvgIpc) is 2.91. The van der Waals surface area contributed by atoms with Crippen molar-refractivity contribution in [3.63, 3.8) is 0 Å². The SMILES string of the molecule is Nc1ccc2c(c1)C(=O)NCC1CN(Cc3ccccc3)CC21. The lowest BCUT2D eigenvalue weighted by atomic mass is 9.87. The first-order valence-corrected chi connectivity index (χ1v) is 8.14.